The molecule has 0 saturated heterocycles. The molecule has 0 fully saturated rings. The van der Waals surface area contributed by atoms with E-state index in [1.54, 1.807) is 12.1 Å². The van der Waals surface area contributed by atoms with Crippen LogP contribution in [0.25, 0.3) is 0 Å². The van der Waals surface area contributed by atoms with Gasteiger partial charge in [-0.05, 0) is 37.1 Å². The summed E-state index contributed by atoms with van der Waals surface area (Å²) in [6.07, 6.45) is 2.21. The Bertz CT molecular complexity index is 443. The van der Waals surface area contributed by atoms with Gasteiger partial charge in [-0.3, -0.25) is 9.59 Å². The van der Waals surface area contributed by atoms with E-state index in [-0.39, 0.29) is 18.4 Å². The first-order valence-electron chi connectivity index (χ1n) is 6.88. The van der Waals surface area contributed by atoms with Crippen LogP contribution in [0.2, 0.25) is 0 Å². The Labute approximate surface area is 119 Å². The van der Waals surface area contributed by atoms with E-state index in [0.29, 0.717) is 18.5 Å². The van der Waals surface area contributed by atoms with Crippen molar-refractivity contribution in [2.24, 2.45) is 5.73 Å². The highest BCUT2D eigenvalue weighted by atomic mass is 16.4. The summed E-state index contributed by atoms with van der Waals surface area (Å²) in [5.41, 5.74) is 7.09. The summed E-state index contributed by atoms with van der Waals surface area (Å²) in [5, 5.41) is 11.6. The third kappa shape index (κ3) is 5.40. The normalized spacial score (nSPS) is 11.9. The largest absolute Gasteiger partial charge is 0.481 e. The lowest BCUT2D eigenvalue weighted by molar-refractivity contribution is -0.137. The van der Waals surface area contributed by atoms with Gasteiger partial charge in [0.1, 0.15) is 0 Å². The number of carboxylic acids is 1. The number of hydrogen-bond acceptors (Lipinski definition) is 3. The van der Waals surface area contributed by atoms with Gasteiger partial charge in [0.15, 0.2) is 0 Å². The second kappa shape index (κ2) is 8.32. The summed E-state index contributed by atoms with van der Waals surface area (Å²) < 4.78 is 0. The molecular formula is C15H22N2O3. The maximum absolute atomic E-state index is 12.1. The molecule has 5 nitrogen and oxygen atoms in total. The van der Waals surface area contributed by atoms with Gasteiger partial charge in [0.25, 0.3) is 5.91 Å². The number of carbonyl (C=O) groups is 2. The number of carboxylic acid groups (broad SMARTS) is 1. The van der Waals surface area contributed by atoms with Gasteiger partial charge in [0, 0.05) is 11.6 Å². The number of hydrogen-bond donors (Lipinski definition) is 3. The average molecular weight is 278 g/mol. The van der Waals surface area contributed by atoms with Gasteiger partial charge in [-0.15, -0.1) is 0 Å². The molecule has 0 bridgehead atoms. The van der Waals surface area contributed by atoms with E-state index in [1.807, 2.05) is 19.1 Å². The number of benzene rings is 1. The molecule has 0 radical (unpaired) electrons. The van der Waals surface area contributed by atoms with Crippen LogP contribution in [0.5, 0.6) is 0 Å². The smallest absolute Gasteiger partial charge is 0.305 e. The van der Waals surface area contributed by atoms with Crippen molar-refractivity contribution in [2.75, 3.05) is 6.54 Å². The van der Waals surface area contributed by atoms with Crippen molar-refractivity contribution in [2.45, 2.75) is 38.6 Å². The molecule has 0 aromatic heterocycles. The van der Waals surface area contributed by atoms with Crippen molar-refractivity contribution in [3.05, 3.63) is 35.4 Å². The first-order valence-corrected chi connectivity index (χ1v) is 6.88. The highest BCUT2D eigenvalue weighted by molar-refractivity contribution is 5.94. The molecule has 4 N–H and O–H groups in total. The number of rotatable bonds is 8. The molecule has 1 unspecified atom stereocenters. The van der Waals surface area contributed by atoms with Crippen LogP contribution in [-0.4, -0.2) is 29.6 Å². The molecule has 0 spiro atoms. The minimum atomic E-state index is -0.901. The minimum absolute atomic E-state index is 0.0508. The van der Waals surface area contributed by atoms with Crippen LogP contribution in [0.3, 0.4) is 0 Å². The quantitative estimate of drug-likeness (QED) is 0.673. The van der Waals surface area contributed by atoms with Crippen LogP contribution in [-0.2, 0) is 11.2 Å². The Hall–Kier alpha value is -1.88. The fourth-order valence-corrected chi connectivity index (χ4v) is 2.04. The molecular weight excluding hydrogens is 256 g/mol. The summed E-state index contributed by atoms with van der Waals surface area (Å²) in [7, 11) is 0. The van der Waals surface area contributed by atoms with E-state index in [4.69, 9.17) is 10.8 Å². The maximum Gasteiger partial charge on any atom is 0.305 e. The third-order valence-corrected chi connectivity index (χ3v) is 3.04. The van der Waals surface area contributed by atoms with Gasteiger partial charge in [0.2, 0.25) is 0 Å². The predicted molar refractivity (Wildman–Crippen MR) is 77.6 cm³/mol. The van der Waals surface area contributed by atoms with Crippen molar-refractivity contribution in [3.63, 3.8) is 0 Å². The van der Waals surface area contributed by atoms with Crippen LogP contribution in [0.15, 0.2) is 24.3 Å². The van der Waals surface area contributed by atoms with E-state index >= 15 is 0 Å². The fourth-order valence-electron chi connectivity index (χ4n) is 2.04. The summed E-state index contributed by atoms with van der Waals surface area (Å²) >= 11 is 0. The molecule has 20 heavy (non-hydrogen) atoms. The standard InChI is InChI=1S/C15H22N2O3/c1-2-3-13(10-14(18)19)17-15(20)12-6-4-11(5-7-12)8-9-16/h4-7,13H,2-3,8-10,16H2,1H3,(H,17,20)(H,18,19). The van der Waals surface area contributed by atoms with Gasteiger partial charge >= 0.3 is 5.97 Å². The molecule has 5 heteroatoms. The Morgan fingerprint density at radius 1 is 1.30 bits per heavy atom. The van der Waals surface area contributed by atoms with E-state index in [2.05, 4.69) is 5.32 Å². The molecule has 110 valence electrons. The highest BCUT2D eigenvalue weighted by Crippen LogP contribution is 2.07. The molecule has 1 atom stereocenters. The van der Waals surface area contributed by atoms with Crippen molar-refractivity contribution in [3.8, 4) is 0 Å². The van der Waals surface area contributed by atoms with Crippen LogP contribution >= 0.6 is 0 Å². The average Bonchev–Trinajstić information content (AvgIpc) is 2.39. The molecule has 0 saturated carbocycles. The molecule has 0 heterocycles. The summed E-state index contributed by atoms with van der Waals surface area (Å²) in [5.74, 6) is -1.13. The van der Waals surface area contributed by atoms with Crippen molar-refractivity contribution >= 4 is 11.9 Å². The number of carbonyl (C=O) groups excluding carboxylic acids is 1. The molecule has 1 rings (SSSR count). The molecule has 1 aromatic carbocycles. The van der Waals surface area contributed by atoms with Crippen molar-refractivity contribution < 1.29 is 14.7 Å². The Morgan fingerprint density at radius 2 is 1.95 bits per heavy atom. The summed E-state index contributed by atoms with van der Waals surface area (Å²) in [6.45, 7) is 2.53. The molecule has 0 aliphatic carbocycles. The van der Waals surface area contributed by atoms with E-state index < -0.39 is 5.97 Å². The van der Waals surface area contributed by atoms with Crippen LogP contribution < -0.4 is 11.1 Å². The molecule has 1 aromatic rings. The number of nitrogens with two attached hydrogens (primary N) is 1. The second-order valence-corrected chi connectivity index (χ2v) is 4.79. The third-order valence-electron chi connectivity index (χ3n) is 3.04. The first-order chi connectivity index (χ1) is 9.56. The number of amides is 1. The minimum Gasteiger partial charge on any atom is -0.481 e. The Balaban J connectivity index is 2.65. The SMILES string of the molecule is CCCC(CC(=O)O)NC(=O)c1ccc(CCN)cc1. The zero-order valence-corrected chi connectivity index (χ0v) is 11.8. The zero-order valence-electron chi connectivity index (χ0n) is 11.8. The summed E-state index contributed by atoms with van der Waals surface area (Å²) in [4.78, 5) is 22.8. The van der Waals surface area contributed by atoms with Gasteiger partial charge in [-0.1, -0.05) is 25.5 Å². The fraction of sp³-hybridized carbons (Fsp3) is 0.467. The highest BCUT2D eigenvalue weighted by Gasteiger charge is 2.16. The monoisotopic (exact) mass is 278 g/mol. The van der Waals surface area contributed by atoms with Crippen LogP contribution in [0, 0.1) is 0 Å². The molecule has 1 amide bonds. The van der Waals surface area contributed by atoms with Gasteiger partial charge in [-0.25, -0.2) is 0 Å². The van der Waals surface area contributed by atoms with Crippen LogP contribution in [0.4, 0.5) is 0 Å². The van der Waals surface area contributed by atoms with Gasteiger partial charge in [0.05, 0.1) is 6.42 Å². The number of aliphatic carboxylic acids is 1. The van der Waals surface area contributed by atoms with Crippen molar-refractivity contribution in [1.29, 1.82) is 0 Å². The van der Waals surface area contributed by atoms with E-state index in [9.17, 15) is 9.59 Å². The van der Waals surface area contributed by atoms with Gasteiger partial charge < -0.3 is 16.2 Å². The Kier molecular flexibility index (Phi) is 6.73. The lowest BCUT2D eigenvalue weighted by Gasteiger charge is -2.16. The molecule has 0 aliphatic rings. The maximum atomic E-state index is 12.1. The van der Waals surface area contributed by atoms with Crippen LogP contribution in [0.1, 0.15) is 42.1 Å². The van der Waals surface area contributed by atoms with Gasteiger partial charge in [-0.2, -0.15) is 0 Å². The van der Waals surface area contributed by atoms with E-state index in [0.717, 1.165) is 18.4 Å². The first kappa shape index (κ1) is 16.2. The topological polar surface area (TPSA) is 92.4 Å². The van der Waals surface area contributed by atoms with E-state index in [1.165, 1.54) is 0 Å². The Morgan fingerprint density at radius 3 is 2.45 bits per heavy atom. The predicted octanol–water partition coefficient (Wildman–Crippen LogP) is 1.56. The lowest BCUT2D eigenvalue weighted by atomic mass is 10.1. The van der Waals surface area contributed by atoms with Crippen molar-refractivity contribution in [1.82, 2.24) is 5.32 Å². The molecule has 0 aliphatic heterocycles. The zero-order chi connectivity index (χ0) is 15.0. The summed E-state index contributed by atoms with van der Waals surface area (Å²) in [6, 6.07) is 6.89. The lowest BCUT2D eigenvalue weighted by Crippen LogP contribution is -2.36. The number of nitrogens with one attached hydrogen (secondary N) is 1. The second-order valence-electron chi connectivity index (χ2n) is 4.79.